The monoisotopic (exact) mass is 477 g/mol. The Balaban J connectivity index is 1.52. The molecule has 3 aromatic carbocycles. The maximum absolute atomic E-state index is 14.2. The largest absolute Gasteiger partial charge is 0.494 e. The van der Waals surface area contributed by atoms with Crippen LogP contribution in [0, 0.1) is 12.7 Å². The second-order valence-corrected chi connectivity index (χ2v) is 9.17. The van der Waals surface area contributed by atoms with Gasteiger partial charge in [-0.1, -0.05) is 53.6 Å². The zero-order chi connectivity index (χ0) is 22.9. The van der Waals surface area contributed by atoms with Crippen molar-refractivity contribution < 1.29 is 9.13 Å². The van der Waals surface area contributed by atoms with Gasteiger partial charge in [-0.05, 0) is 48.4 Å². The highest BCUT2D eigenvalue weighted by atomic mass is 35.5. The number of thiazole rings is 1. The fraction of sp³-hybridized carbons (Fsp3) is 0.154. The first-order chi connectivity index (χ1) is 16.0. The van der Waals surface area contributed by atoms with E-state index in [0.29, 0.717) is 16.3 Å². The minimum Gasteiger partial charge on any atom is -0.494 e. The van der Waals surface area contributed by atoms with E-state index in [2.05, 4.69) is 31.2 Å². The highest BCUT2D eigenvalue weighted by molar-refractivity contribution is 7.14. The van der Waals surface area contributed by atoms with Crippen LogP contribution in [0.15, 0.2) is 77.2 Å². The highest BCUT2D eigenvalue weighted by Crippen LogP contribution is 2.40. The molecule has 0 N–H and O–H groups in total. The molecule has 1 unspecified atom stereocenters. The average Bonchev–Trinajstić information content (AvgIpc) is 3.48. The summed E-state index contributed by atoms with van der Waals surface area (Å²) >= 11 is 7.61. The van der Waals surface area contributed by atoms with Crippen LogP contribution >= 0.6 is 22.9 Å². The van der Waals surface area contributed by atoms with Gasteiger partial charge in [-0.3, -0.25) is 0 Å². The molecule has 1 aliphatic rings. The maximum Gasteiger partial charge on any atom is 0.207 e. The number of hydrogen-bond donors (Lipinski definition) is 0. The lowest BCUT2D eigenvalue weighted by atomic mass is 9.98. The van der Waals surface area contributed by atoms with Gasteiger partial charge < -0.3 is 4.74 Å². The standard InChI is InChI=1S/C26H21ClFN3OS/c1-16-3-5-17(6-4-16)22-14-24(18-7-10-20(27)11-8-18)31(30-22)26-29-23(15-33-26)19-9-12-25(32-2)21(28)13-19/h3-13,15,24H,14H2,1-2H3. The number of hydrazone groups is 1. The topological polar surface area (TPSA) is 37.7 Å². The van der Waals surface area contributed by atoms with Gasteiger partial charge in [0.2, 0.25) is 5.13 Å². The van der Waals surface area contributed by atoms with Crippen molar-refractivity contribution in [3.8, 4) is 17.0 Å². The number of halogens is 2. The number of methoxy groups -OCH3 is 1. The van der Waals surface area contributed by atoms with Gasteiger partial charge in [-0.15, -0.1) is 11.3 Å². The Hall–Kier alpha value is -3.22. The molecule has 1 aliphatic heterocycles. The summed E-state index contributed by atoms with van der Waals surface area (Å²) in [5.41, 5.74) is 5.81. The van der Waals surface area contributed by atoms with Crippen LogP contribution in [0.5, 0.6) is 5.75 Å². The molecule has 166 valence electrons. The SMILES string of the molecule is COc1ccc(-c2csc(N3N=C(c4ccc(C)cc4)CC3c3ccc(Cl)cc3)n2)cc1F. The molecular weight excluding hydrogens is 457 g/mol. The van der Waals surface area contributed by atoms with E-state index in [0.717, 1.165) is 28.4 Å². The van der Waals surface area contributed by atoms with E-state index in [1.807, 2.05) is 40.7 Å². The van der Waals surface area contributed by atoms with E-state index in [1.165, 1.54) is 30.1 Å². The van der Waals surface area contributed by atoms with E-state index >= 15 is 0 Å². The van der Waals surface area contributed by atoms with Gasteiger partial charge in [0.25, 0.3) is 0 Å². The maximum atomic E-state index is 14.2. The Labute approximate surface area is 200 Å². The molecule has 1 aromatic heterocycles. The van der Waals surface area contributed by atoms with Crippen molar-refractivity contribution in [3.05, 3.63) is 99.6 Å². The third-order valence-electron chi connectivity index (χ3n) is 5.69. The van der Waals surface area contributed by atoms with Gasteiger partial charge >= 0.3 is 0 Å². The van der Waals surface area contributed by atoms with Gasteiger partial charge in [0, 0.05) is 22.4 Å². The molecular formula is C26H21ClFN3OS. The van der Waals surface area contributed by atoms with Gasteiger partial charge in [0.1, 0.15) is 0 Å². The predicted molar refractivity (Wildman–Crippen MR) is 133 cm³/mol. The second-order valence-electron chi connectivity index (χ2n) is 7.89. The van der Waals surface area contributed by atoms with Crippen LogP contribution in [0.1, 0.15) is 29.2 Å². The van der Waals surface area contributed by atoms with Crippen LogP contribution in [0.2, 0.25) is 5.02 Å². The highest BCUT2D eigenvalue weighted by Gasteiger charge is 2.31. The molecule has 7 heteroatoms. The molecule has 5 rings (SSSR count). The van der Waals surface area contributed by atoms with Crippen molar-refractivity contribution in [1.29, 1.82) is 0 Å². The number of anilines is 1. The number of aryl methyl sites for hydroxylation is 1. The van der Waals surface area contributed by atoms with Crippen molar-refractivity contribution in [1.82, 2.24) is 4.98 Å². The number of benzene rings is 3. The normalized spacial score (nSPS) is 15.6. The molecule has 0 bridgehead atoms. The summed E-state index contributed by atoms with van der Waals surface area (Å²) in [7, 11) is 1.45. The van der Waals surface area contributed by atoms with Crippen molar-refractivity contribution in [2.24, 2.45) is 5.10 Å². The molecule has 0 amide bonds. The lowest BCUT2D eigenvalue weighted by Crippen LogP contribution is -2.18. The molecule has 0 saturated carbocycles. The lowest BCUT2D eigenvalue weighted by Gasteiger charge is -2.21. The predicted octanol–water partition coefficient (Wildman–Crippen LogP) is 7.28. The Morgan fingerprint density at radius 2 is 1.76 bits per heavy atom. The minimum atomic E-state index is -0.413. The molecule has 0 saturated heterocycles. The third kappa shape index (κ3) is 4.36. The summed E-state index contributed by atoms with van der Waals surface area (Å²) in [6.45, 7) is 2.07. The van der Waals surface area contributed by atoms with Crippen LogP contribution in [-0.2, 0) is 0 Å². The second kappa shape index (κ2) is 8.96. The fourth-order valence-electron chi connectivity index (χ4n) is 3.88. The molecule has 4 aromatic rings. The van der Waals surface area contributed by atoms with Crippen molar-refractivity contribution in [2.75, 3.05) is 12.1 Å². The number of rotatable bonds is 5. The molecule has 0 fully saturated rings. The van der Waals surface area contributed by atoms with E-state index in [9.17, 15) is 4.39 Å². The first-order valence-electron chi connectivity index (χ1n) is 10.5. The number of ether oxygens (including phenoxy) is 1. The van der Waals surface area contributed by atoms with E-state index in [4.69, 9.17) is 26.4 Å². The number of hydrogen-bond acceptors (Lipinski definition) is 5. The smallest absolute Gasteiger partial charge is 0.207 e. The lowest BCUT2D eigenvalue weighted by molar-refractivity contribution is 0.386. The Morgan fingerprint density at radius 1 is 1.03 bits per heavy atom. The van der Waals surface area contributed by atoms with E-state index in [-0.39, 0.29) is 11.8 Å². The van der Waals surface area contributed by atoms with E-state index in [1.54, 1.807) is 6.07 Å². The summed E-state index contributed by atoms with van der Waals surface area (Å²) in [4.78, 5) is 4.80. The van der Waals surface area contributed by atoms with Gasteiger partial charge in [0.15, 0.2) is 11.6 Å². The van der Waals surface area contributed by atoms with Crippen LogP contribution in [0.3, 0.4) is 0 Å². The zero-order valence-electron chi connectivity index (χ0n) is 18.1. The summed E-state index contributed by atoms with van der Waals surface area (Å²) in [6, 6.07) is 21.1. The number of aromatic nitrogens is 1. The van der Waals surface area contributed by atoms with Crippen molar-refractivity contribution in [2.45, 2.75) is 19.4 Å². The van der Waals surface area contributed by atoms with Crippen LogP contribution in [0.4, 0.5) is 9.52 Å². The Morgan fingerprint density at radius 3 is 2.45 bits per heavy atom. The fourth-order valence-corrected chi connectivity index (χ4v) is 4.84. The summed E-state index contributed by atoms with van der Waals surface area (Å²) in [6.07, 6.45) is 0.747. The molecule has 33 heavy (non-hydrogen) atoms. The summed E-state index contributed by atoms with van der Waals surface area (Å²) in [5, 5.41) is 10.3. The van der Waals surface area contributed by atoms with Gasteiger partial charge in [-0.25, -0.2) is 14.4 Å². The average molecular weight is 478 g/mol. The van der Waals surface area contributed by atoms with Gasteiger partial charge in [0.05, 0.1) is 24.6 Å². The molecule has 0 aliphatic carbocycles. The molecule has 1 atom stereocenters. The molecule has 0 spiro atoms. The van der Waals surface area contributed by atoms with Crippen molar-refractivity contribution in [3.63, 3.8) is 0 Å². The van der Waals surface area contributed by atoms with E-state index < -0.39 is 5.82 Å². The third-order valence-corrected chi connectivity index (χ3v) is 6.77. The molecule has 2 heterocycles. The Kier molecular flexibility index (Phi) is 5.87. The van der Waals surface area contributed by atoms with Gasteiger partial charge in [-0.2, -0.15) is 5.10 Å². The van der Waals surface area contributed by atoms with Crippen LogP contribution in [-0.4, -0.2) is 17.8 Å². The zero-order valence-corrected chi connectivity index (χ0v) is 19.7. The quantitative estimate of drug-likeness (QED) is 0.303. The van der Waals surface area contributed by atoms with Crippen LogP contribution < -0.4 is 9.75 Å². The molecule has 0 radical (unpaired) electrons. The first kappa shape index (κ1) is 21.6. The first-order valence-corrected chi connectivity index (χ1v) is 11.8. The minimum absolute atomic E-state index is 0.00910. The molecule has 4 nitrogen and oxygen atoms in total. The summed E-state index contributed by atoms with van der Waals surface area (Å²) in [5.74, 6) is -0.201. The van der Waals surface area contributed by atoms with Crippen LogP contribution in [0.25, 0.3) is 11.3 Å². The van der Waals surface area contributed by atoms with Crippen molar-refractivity contribution >= 4 is 33.8 Å². The number of nitrogens with zero attached hydrogens (tertiary/aromatic N) is 3. The Bertz CT molecular complexity index is 1320. The summed E-state index contributed by atoms with van der Waals surface area (Å²) < 4.78 is 19.3.